The molecule has 0 aromatic carbocycles. The van der Waals surface area contributed by atoms with Crippen LogP contribution in [0.5, 0.6) is 0 Å². The van der Waals surface area contributed by atoms with E-state index in [9.17, 15) is 0 Å². The molecule has 22 heavy (non-hydrogen) atoms. The average molecular weight is 304 g/mol. The number of nitrogen functional groups attached to an aromatic ring is 1. The number of anilines is 1. The van der Waals surface area contributed by atoms with E-state index in [4.69, 9.17) is 10.5 Å². The number of nitrogens with two attached hydrogens (primary N) is 1. The Hall–Kier alpha value is -1.73. The van der Waals surface area contributed by atoms with Crippen LogP contribution >= 0.6 is 0 Å². The van der Waals surface area contributed by atoms with Gasteiger partial charge in [0.05, 0.1) is 6.33 Å². The van der Waals surface area contributed by atoms with Crippen LogP contribution in [-0.2, 0) is 11.2 Å². The van der Waals surface area contributed by atoms with E-state index in [2.05, 4.69) is 25.3 Å². The van der Waals surface area contributed by atoms with Gasteiger partial charge >= 0.3 is 0 Å². The van der Waals surface area contributed by atoms with E-state index in [0.29, 0.717) is 11.5 Å². The molecule has 2 aromatic heterocycles. The number of fused-ring (bicyclic) bond motifs is 1. The summed E-state index contributed by atoms with van der Waals surface area (Å²) in [6.07, 6.45) is 6.97. The molecule has 7 nitrogen and oxygen atoms in total. The molecule has 1 aliphatic heterocycles. The second-order valence-corrected chi connectivity index (χ2v) is 5.84. The lowest BCUT2D eigenvalue weighted by molar-refractivity contribution is 0.0663. The molecular formula is C15H24N6O. The van der Waals surface area contributed by atoms with Gasteiger partial charge in [-0.2, -0.15) is 0 Å². The number of nitrogens with zero attached hydrogens (tertiary/aromatic N) is 3. The summed E-state index contributed by atoms with van der Waals surface area (Å²) in [4.78, 5) is 15.8. The van der Waals surface area contributed by atoms with Crippen molar-refractivity contribution in [2.45, 2.75) is 32.1 Å². The van der Waals surface area contributed by atoms with Gasteiger partial charge in [-0.05, 0) is 44.7 Å². The lowest BCUT2D eigenvalue weighted by atomic mass is 10.0. The van der Waals surface area contributed by atoms with Crippen LogP contribution in [-0.4, -0.2) is 46.2 Å². The fourth-order valence-electron chi connectivity index (χ4n) is 2.80. The number of aryl methyl sites for hydroxylation is 1. The Balaban J connectivity index is 1.35. The summed E-state index contributed by atoms with van der Waals surface area (Å²) in [5.41, 5.74) is 7.27. The Labute approximate surface area is 130 Å². The molecule has 0 amide bonds. The molecule has 7 heteroatoms. The van der Waals surface area contributed by atoms with Gasteiger partial charge in [-0.15, -0.1) is 0 Å². The van der Waals surface area contributed by atoms with E-state index in [1.807, 2.05) is 0 Å². The molecule has 2 aromatic rings. The summed E-state index contributed by atoms with van der Waals surface area (Å²) in [6, 6.07) is 0. The second-order valence-electron chi connectivity index (χ2n) is 5.84. The molecule has 120 valence electrons. The minimum atomic E-state index is 0.482. The molecule has 4 N–H and O–H groups in total. The van der Waals surface area contributed by atoms with Gasteiger partial charge in [-0.25, -0.2) is 15.0 Å². The van der Waals surface area contributed by atoms with Gasteiger partial charge in [0.15, 0.2) is 11.5 Å². The van der Waals surface area contributed by atoms with Crippen molar-refractivity contribution in [1.82, 2.24) is 25.3 Å². The Morgan fingerprint density at radius 2 is 2.14 bits per heavy atom. The standard InChI is InChI=1S/C15H24N6O/c16-14-13-15(19-10-18-13)21-12(20-14)3-1-2-6-17-9-11-4-7-22-8-5-11/h10-11,17H,1-9H2,(H3,16,18,19,20,21). The fraction of sp³-hybridized carbons (Fsp3) is 0.667. The maximum atomic E-state index is 5.89. The van der Waals surface area contributed by atoms with Crippen LogP contribution in [0.4, 0.5) is 5.82 Å². The van der Waals surface area contributed by atoms with Crippen molar-refractivity contribution in [3.8, 4) is 0 Å². The highest BCUT2D eigenvalue weighted by Crippen LogP contribution is 2.14. The number of H-pyrrole nitrogens is 1. The summed E-state index contributed by atoms with van der Waals surface area (Å²) in [7, 11) is 0. The predicted octanol–water partition coefficient (Wildman–Crippen LogP) is 1.27. The summed E-state index contributed by atoms with van der Waals surface area (Å²) < 4.78 is 5.37. The lowest BCUT2D eigenvalue weighted by Crippen LogP contribution is -2.28. The monoisotopic (exact) mass is 304 g/mol. The Morgan fingerprint density at radius 3 is 3.00 bits per heavy atom. The van der Waals surface area contributed by atoms with Gasteiger partial charge < -0.3 is 20.8 Å². The molecule has 0 saturated carbocycles. The van der Waals surface area contributed by atoms with Gasteiger partial charge in [0.2, 0.25) is 0 Å². The van der Waals surface area contributed by atoms with Crippen molar-refractivity contribution in [2.24, 2.45) is 5.92 Å². The largest absolute Gasteiger partial charge is 0.382 e. The van der Waals surface area contributed by atoms with Crippen LogP contribution in [0.3, 0.4) is 0 Å². The molecule has 0 bridgehead atoms. The SMILES string of the molecule is Nc1nc(CCCCNCC2CCOCC2)nc2nc[nH]c12. The Bertz CT molecular complexity index is 593. The summed E-state index contributed by atoms with van der Waals surface area (Å²) in [6.45, 7) is 3.98. The first-order chi connectivity index (χ1) is 10.8. The first-order valence-corrected chi connectivity index (χ1v) is 8.07. The number of hydrogen-bond donors (Lipinski definition) is 3. The fourth-order valence-corrected chi connectivity index (χ4v) is 2.80. The van der Waals surface area contributed by atoms with Crippen LogP contribution in [0.2, 0.25) is 0 Å². The van der Waals surface area contributed by atoms with E-state index in [1.54, 1.807) is 6.33 Å². The summed E-state index contributed by atoms with van der Waals surface area (Å²) in [5.74, 6) is 2.04. The minimum Gasteiger partial charge on any atom is -0.382 e. The molecule has 0 aliphatic carbocycles. The van der Waals surface area contributed by atoms with Crippen molar-refractivity contribution >= 4 is 17.0 Å². The topological polar surface area (TPSA) is 102 Å². The van der Waals surface area contributed by atoms with Gasteiger partial charge in [-0.1, -0.05) is 0 Å². The van der Waals surface area contributed by atoms with E-state index in [-0.39, 0.29) is 0 Å². The van der Waals surface area contributed by atoms with Gasteiger partial charge in [-0.3, -0.25) is 0 Å². The maximum Gasteiger partial charge on any atom is 0.183 e. The zero-order valence-electron chi connectivity index (χ0n) is 12.8. The molecule has 1 saturated heterocycles. The third-order valence-electron chi connectivity index (χ3n) is 4.14. The third-order valence-corrected chi connectivity index (χ3v) is 4.14. The van der Waals surface area contributed by atoms with Crippen LogP contribution in [0, 0.1) is 5.92 Å². The average Bonchev–Trinajstić information content (AvgIpc) is 3.01. The van der Waals surface area contributed by atoms with Crippen molar-refractivity contribution in [3.05, 3.63) is 12.2 Å². The first-order valence-electron chi connectivity index (χ1n) is 8.07. The smallest absolute Gasteiger partial charge is 0.183 e. The molecule has 1 fully saturated rings. The van der Waals surface area contributed by atoms with Crippen LogP contribution in [0.25, 0.3) is 11.2 Å². The number of nitrogens with one attached hydrogen (secondary N) is 2. The highest BCUT2D eigenvalue weighted by Gasteiger charge is 2.12. The summed E-state index contributed by atoms with van der Waals surface area (Å²) in [5, 5.41) is 3.54. The molecule has 3 heterocycles. The molecule has 0 atom stereocenters. The molecule has 3 rings (SSSR count). The number of aromatic amines is 1. The van der Waals surface area contributed by atoms with E-state index >= 15 is 0 Å². The van der Waals surface area contributed by atoms with Crippen molar-refractivity contribution in [2.75, 3.05) is 32.0 Å². The maximum absolute atomic E-state index is 5.89. The molecule has 0 unspecified atom stereocenters. The van der Waals surface area contributed by atoms with Crippen molar-refractivity contribution in [1.29, 1.82) is 0 Å². The van der Waals surface area contributed by atoms with Crippen LogP contribution < -0.4 is 11.1 Å². The third kappa shape index (κ3) is 3.92. The Morgan fingerprint density at radius 1 is 1.27 bits per heavy atom. The molecule has 1 aliphatic rings. The van der Waals surface area contributed by atoms with Crippen molar-refractivity contribution in [3.63, 3.8) is 0 Å². The van der Waals surface area contributed by atoms with Gasteiger partial charge in [0, 0.05) is 19.6 Å². The zero-order chi connectivity index (χ0) is 15.2. The van der Waals surface area contributed by atoms with Gasteiger partial charge in [0.25, 0.3) is 0 Å². The van der Waals surface area contributed by atoms with Crippen LogP contribution in [0.1, 0.15) is 31.5 Å². The number of imidazole rings is 1. The highest BCUT2D eigenvalue weighted by atomic mass is 16.5. The van der Waals surface area contributed by atoms with E-state index < -0.39 is 0 Å². The second kappa shape index (κ2) is 7.51. The first kappa shape index (κ1) is 15.2. The molecular weight excluding hydrogens is 280 g/mol. The van der Waals surface area contributed by atoms with E-state index in [0.717, 1.165) is 62.8 Å². The predicted molar refractivity (Wildman–Crippen MR) is 85.4 cm³/mol. The highest BCUT2D eigenvalue weighted by molar-refractivity contribution is 5.80. The molecule has 0 spiro atoms. The number of aromatic nitrogens is 4. The number of unbranched alkanes of at least 4 members (excludes halogenated alkanes) is 1. The number of hydrogen-bond acceptors (Lipinski definition) is 6. The summed E-state index contributed by atoms with van der Waals surface area (Å²) >= 11 is 0. The lowest BCUT2D eigenvalue weighted by Gasteiger charge is -2.22. The Kier molecular flexibility index (Phi) is 5.18. The van der Waals surface area contributed by atoms with Crippen molar-refractivity contribution < 1.29 is 4.74 Å². The van der Waals surface area contributed by atoms with Gasteiger partial charge in [0.1, 0.15) is 11.3 Å². The number of rotatable bonds is 7. The van der Waals surface area contributed by atoms with Crippen LogP contribution in [0.15, 0.2) is 6.33 Å². The number of ether oxygens (including phenoxy) is 1. The molecule has 0 radical (unpaired) electrons. The van der Waals surface area contributed by atoms with E-state index in [1.165, 1.54) is 12.8 Å². The minimum absolute atomic E-state index is 0.482. The zero-order valence-corrected chi connectivity index (χ0v) is 12.8. The quantitative estimate of drug-likeness (QED) is 0.666. The normalized spacial score (nSPS) is 16.4.